The van der Waals surface area contributed by atoms with Crippen LogP contribution < -0.4 is 4.90 Å². The Morgan fingerprint density at radius 3 is 2.54 bits per heavy atom. The van der Waals surface area contributed by atoms with Crippen molar-refractivity contribution < 1.29 is 27.3 Å². The number of alkyl halides is 3. The summed E-state index contributed by atoms with van der Waals surface area (Å²) in [5, 5.41) is 3.66. The molecule has 0 N–H and O–H groups in total. The Hall–Kier alpha value is -2.64. The second-order valence-electron chi connectivity index (χ2n) is 6.24. The van der Waals surface area contributed by atoms with Crippen LogP contribution in [0.15, 0.2) is 28.9 Å². The number of carbonyl (C=O) groups excluding carboxylic acids is 2. The van der Waals surface area contributed by atoms with Crippen molar-refractivity contribution in [3.63, 3.8) is 0 Å². The molecule has 1 fully saturated rings. The van der Waals surface area contributed by atoms with Gasteiger partial charge in [0.25, 0.3) is 0 Å². The molecule has 26 heavy (non-hydrogen) atoms. The van der Waals surface area contributed by atoms with Gasteiger partial charge in [-0.05, 0) is 31.0 Å². The Morgan fingerprint density at radius 2 is 1.96 bits per heavy atom. The lowest BCUT2D eigenvalue weighted by molar-refractivity contribution is -0.137. The number of benzene rings is 1. The van der Waals surface area contributed by atoms with E-state index in [0.29, 0.717) is 5.76 Å². The molecule has 2 aromatic rings. The standard InChI is InChI=1S/C18H17F3N2O3/c1-3-15(24)23(2)14-8-11(18(19,20)21)6-7-12(14)16(25)13-9-22-26-17(13)10-4-5-10/h6-10H,3-5H2,1-2H3. The van der Waals surface area contributed by atoms with Crippen molar-refractivity contribution in [1.82, 2.24) is 5.16 Å². The zero-order valence-corrected chi connectivity index (χ0v) is 14.3. The first-order valence-electron chi connectivity index (χ1n) is 8.21. The Morgan fingerprint density at radius 1 is 1.27 bits per heavy atom. The molecule has 0 bridgehead atoms. The minimum absolute atomic E-state index is 0.00685. The van der Waals surface area contributed by atoms with Gasteiger partial charge >= 0.3 is 6.18 Å². The fraction of sp³-hybridized carbons (Fsp3) is 0.389. The van der Waals surface area contributed by atoms with Crippen molar-refractivity contribution in [1.29, 1.82) is 0 Å². The lowest BCUT2D eigenvalue weighted by atomic mass is 9.98. The van der Waals surface area contributed by atoms with Gasteiger partial charge in [0, 0.05) is 24.9 Å². The van der Waals surface area contributed by atoms with Crippen LogP contribution in [-0.4, -0.2) is 23.9 Å². The van der Waals surface area contributed by atoms with Crippen LogP contribution >= 0.6 is 0 Å². The molecule has 0 atom stereocenters. The van der Waals surface area contributed by atoms with Crippen molar-refractivity contribution in [3.05, 3.63) is 46.8 Å². The van der Waals surface area contributed by atoms with E-state index in [9.17, 15) is 22.8 Å². The SMILES string of the molecule is CCC(=O)N(C)c1cc(C(F)(F)F)ccc1C(=O)c1cnoc1C1CC1. The van der Waals surface area contributed by atoms with Crippen LogP contribution in [0.25, 0.3) is 0 Å². The van der Waals surface area contributed by atoms with Gasteiger partial charge in [0.1, 0.15) is 0 Å². The number of rotatable bonds is 5. The van der Waals surface area contributed by atoms with Crippen LogP contribution in [0, 0.1) is 0 Å². The van der Waals surface area contributed by atoms with Crippen LogP contribution in [0.5, 0.6) is 0 Å². The number of carbonyl (C=O) groups is 2. The van der Waals surface area contributed by atoms with E-state index in [-0.39, 0.29) is 29.2 Å². The molecule has 1 amide bonds. The first-order valence-corrected chi connectivity index (χ1v) is 8.21. The van der Waals surface area contributed by atoms with Gasteiger partial charge in [0.05, 0.1) is 23.0 Å². The predicted molar refractivity (Wildman–Crippen MR) is 87.1 cm³/mol. The smallest absolute Gasteiger partial charge is 0.360 e. The average Bonchev–Trinajstić information content (AvgIpc) is 3.35. The Labute approximate surface area is 147 Å². The molecule has 0 saturated heterocycles. The van der Waals surface area contributed by atoms with E-state index in [1.165, 1.54) is 13.2 Å². The number of amides is 1. The molecular weight excluding hydrogens is 349 g/mol. The highest BCUT2D eigenvalue weighted by atomic mass is 19.4. The molecular formula is C18H17F3N2O3. The fourth-order valence-corrected chi connectivity index (χ4v) is 2.75. The zero-order valence-electron chi connectivity index (χ0n) is 14.3. The van der Waals surface area contributed by atoms with Gasteiger partial charge in [0.2, 0.25) is 5.91 Å². The van der Waals surface area contributed by atoms with Gasteiger partial charge in [-0.25, -0.2) is 0 Å². The largest absolute Gasteiger partial charge is 0.416 e. The van der Waals surface area contributed by atoms with E-state index in [1.54, 1.807) is 6.92 Å². The number of nitrogens with zero attached hydrogens (tertiary/aromatic N) is 2. The summed E-state index contributed by atoms with van der Waals surface area (Å²) >= 11 is 0. The molecule has 8 heteroatoms. The fourth-order valence-electron chi connectivity index (χ4n) is 2.75. The summed E-state index contributed by atoms with van der Waals surface area (Å²) in [7, 11) is 1.35. The lowest BCUT2D eigenvalue weighted by Gasteiger charge is -2.21. The van der Waals surface area contributed by atoms with Gasteiger partial charge in [-0.15, -0.1) is 0 Å². The average molecular weight is 366 g/mol. The number of hydrogen-bond donors (Lipinski definition) is 0. The highest BCUT2D eigenvalue weighted by Crippen LogP contribution is 2.42. The van der Waals surface area contributed by atoms with Crippen molar-refractivity contribution in [3.8, 4) is 0 Å². The molecule has 1 heterocycles. The molecule has 1 saturated carbocycles. The van der Waals surface area contributed by atoms with Crippen LogP contribution in [0.4, 0.5) is 18.9 Å². The Kier molecular flexibility index (Phi) is 4.60. The van der Waals surface area contributed by atoms with Gasteiger partial charge in [-0.3, -0.25) is 9.59 Å². The van der Waals surface area contributed by atoms with E-state index in [2.05, 4.69) is 5.16 Å². The van der Waals surface area contributed by atoms with Crippen LogP contribution in [-0.2, 0) is 11.0 Å². The topological polar surface area (TPSA) is 63.4 Å². The van der Waals surface area contributed by atoms with Crippen molar-refractivity contribution >= 4 is 17.4 Å². The van der Waals surface area contributed by atoms with Crippen molar-refractivity contribution in [2.75, 3.05) is 11.9 Å². The summed E-state index contributed by atoms with van der Waals surface area (Å²) in [4.78, 5) is 26.0. The number of hydrogen-bond acceptors (Lipinski definition) is 4. The van der Waals surface area contributed by atoms with Crippen molar-refractivity contribution in [2.45, 2.75) is 38.3 Å². The molecule has 138 valence electrons. The molecule has 1 aliphatic rings. The normalized spacial score (nSPS) is 14.3. The van der Waals surface area contributed by atoms with Gasteiger partial charge in [-0.1, -0.05) is 12.1 Å². The summed E-state index contributed by atoms with van der Waals surface area (Å²) in [6.07, 6.45) is -1.45. The lowest BCUT2D eigenvalue weighted by Crippen LogP contribution is -2.27. The molecule has 5 nitrogen and oxygen atoms in total. The summed E-state index contributed by atoms with van der Waals surface area (Å²) in [5.41, 5.74) is -0.773. The zero-order chi connectivity index (χ0) is 19.1. The molecule has 0 aliphatic heterocycles. The second-order valence-corrected chi connectivity index (χ2v) is 6.24. The Bertz CT molecular complexity index is 854. The van der Waals surface area contributed by atoms with Gasteiger partial charge in [0.15, 0.2) is 11.5 Å². The van der Waals surface area contributed by atoms with E-state index < -0.39 is 23.4 Å². The minimum atomic E-state index is -4.58. The van der Waals surface area contributed by atoms with Crippen molar-refractivity contribution in [2.24, 2.45) is 0 Å². The highest BCUT2D eigenvalue weighted by Gasteiger charge is 2.35. The molecule has 0 spiro atoms. The summed E-state index contributed by atoms with van der Waals surface area (Å²) in [6.45, 7) is 1.60. The summed E-state index contributed by atoms with van der Waals surface area (Å²) in [5.74, 6) is -0.339. The second kappa shape index (κ2) is 6.59. The third kappa shape index (κ3) is 3.36. The number of halogens is 3. The molecule has 0 unspecified atom stereocenters. The number of aromatic nitrogens is 1. The maximum atomic E-state index is 13.1. The third-order valence-corrected chi connectivity index (χ3v) is 4.40. The predicted octanol–water partition coefficient (Wildman–Crippen LogP) is 4.17. The number of anilines is 1. The molecule has 3 rings (SSSR count). The molecule has 1 aromatic heterocycles. The maximum Gasteiger partial charge on any atom is 0.416 e. The minimum Gasteiger partial charge on any atom is -0.360 e. The summed E-state index contributed by atoms with van der Waals surface area (Å²) in [6, 6.07) is 2.76. The highest BCUT2D eigenvalue weighted by molar-refractivity contribution is 6.14. The first kappa shape index (κ1) is 18.2. The third-order valence-electron chi connectivity index (χ3n) is 4.40. The number of ketones is 1. The van der Waals surface area contributed by atoms with Crippen LogP contribution in [0.2, 0.25) is 0 Å². The van der Waals surface area contributed by atoms with E-state index >= 15 is 0 Å². The first-order chi connectivity index (χ1) is 12.2. The van der Waals surface area contributed by atoms with Crippen LogP contribution in [0.3, 0.4) is 0 Å². The quantitative estimate of drug-likeness (QED) is 0.745. The van der Waals surface area contributed by atoms with E-state index in [0.717, 1.165) is 35.9 Å². The molecule has 1 aliphatic carbocycles. The van der Waals surface area contributed by atoms with E-state index in [1.807, 2.05) is 0 Å². The maximum absolute atomic E-state index is 13.1. The van der Waals surface area contributed by atoms with Gasteiger partial charge < -0.3 is 9.42 Å². The Balaban J connectivity index is 2.08. The molecule has 0 radical (unpaired) electrons. The summed E-state index contributed by atoms with van der Waals surface area (Å²) < 4.78 is 44.4. The van der Waals surface area contributed by atoms with E-state index in [4.69, 9.17) is 4.52 Å². The van der Waals surface area contributed by atoms with Crippen LogP contribution in [0.1, 0.15) is 59.3 Å². The molecule has 1 aromatic carbocycles. The monoisotopic (exact) mass is 366 g/mol. The van der Waals surface area contributed by atoms with Gasteiger partial charge in [-0.2, -0.15) is 13.2 Å².